The zero-order valence-electron chi connectivity index (χ0n) is 22.1. The van der Waals surface area contributed by atoms with Gasteiger partial charge in [-0.1, -0.05) is 0 Å². The van der Waals surface area contributed by atoms with Crippen molar-refractivity contribution in [3.8, 4) is 11.3 Å². The molecule has 2 aromatic heterocycles. The van der Waals surface area contributed by atoms with Gasteiger partial charge in [0.1, 0.15) is 5.82 Å². The largest absolute Gasteiger partial charge is 0.417 e. The van der Waals surface area contributed by atoms with Gasteiger partial charge in [-0.05, 0) is 39.1 Å². The molecule has 0 bridgehead atoms. The van der Waals surface area contributed by atoms with Gasteiger partial charge in [-0.15, -0.1) is 0 Å². The zero-order chi connectivity index (χ0) is 28.6. The third-order valence-electron chi connectivity index (χ3n) is 6.83. The molecule has 3 aromatic rings. The van der Waals surface area contributed by atoms with E-state index in [0.717, 1.165) is 6.20 Å². The van der Waals surface area contributed by atoms with Gasteiger partial charge in [-0.2, -0.15) is 13.2 Å². The lowest BCUT2D eigenvalue weighted by Crippen LogP contribution is -2.55. The van der Waals surface area contributed by atoms with E-state index in [4.69, 9.17) is 0 Å². The van der Waals surface area contributed by atoms with Gasteiger partial charge in [0.25, 0.3) is 5.91 Å². The topological polar surface area (TPSA) is 97.5 Å². The van der Waals surface area contributed by atoms with Crippen LogP contribution in [0.3, 0.4) is 0 Å². The minimum atomic E-state index is -4.94. The van der Waals surface area contributed by atoms with Gasteiger partial charge in [0.2, 0.25) is 11.5 Å². The third kappa shape index (κ3) is 5.87. The Morgan fingerprint density at radius 3 is 2.44 bits per heavy atom. The van der Waals surface area contributed by atoms with Crippen molar-refractivity contribution >= 4 is 23.2 Å². The molecule has 1 aliphatic rings. The lowest BCUT2D eigenvalue weighted by molar-refractivity contribution is -0.138. The van der Waals surface area contributed by atoms with Crippen molar-refractivity contribution in [3.05, 3.63) is 64.0 Å². The van der Waals surface area contributed by atoms with Crippen LogP contribution in [0.1, 0.15) is 29.8 Å². The Morgan fingerprint density at radius 1 is 1.15 bits per heavy atom. The molecule has 0 saturated carbocycles. The fourth-order valence-corrected chi connectivity index (χ4v) is 4.52. The second-order valence-electron chi connectivity index (χ2n) is 9.83. The monoisotopic (exact) mass is 547 g/mol. The molecule has 9 nitrogen and oxygen atoms in total. The third-order valence-corrected chi connectivity index (χ3v) is 6.83. The van der Waals surface area contributed by atoms with Gasteiger partial charge < -0.3 is 20.1 Å². The number of hydrogen-bond acceptors (Lipinski definition) is 7. The highest BCUT2D eigenvalue weighted by Crippen LogP contribution is 2.37. The number of rotatable bonds is 5. The lowest BCUT2D eigenvalue weighted by atomic mass is 10.0. The number of hydrogen-bond donors (Lipinski definition) is 2. The van der Waals surface area contributed by atoms with Crippen LogP contribution in [-0.4, -0.2) is 72.1 Å². The number of aromatic amines is 1. The SMILES string of the molecule is C[C@@H]1CN(c2cc(F)c(-c3ccnc(N(C)C)n3)cc2NC(=O)c2c[nH]c(=O)cc2C(F)(F)F)C[C@H](C)N1C. The molecular formula is C26H29F4N7O2. The van der Waals surface area contributed by atoms with Gasteiger partial charge in [0.15, 0.2) is 0 Å². The molecule has 1 fully saturated rings. The quantitative estimate of drug-likeness (QED) is 0.469. The number of aromatic nitrogens is 3. The molecule has 0 unspecified atom stereocenters. The number of anilines is 3. The predicted molar refractivity (Wildman–Crippen MR) is 141 cm³/mol. The molecule has 13 heteroatoms. The summed E-state index contributed by atoms with van der Waals surface area (Å²) in [4.78, 5) is 41.1. The number of halogens is 4. The van der Waals surface area contributed by atoms with Crippen molar-refractivity contribution in [1.29, 1.82) is 0 Å². The predicted octanol–water partition coefficient (Wildman–Crippen LogP) is 3.84. The Bertz CT molecular complexity index is 1430. The fraction of sp³-hybridized carbons (Fsp3) is 0.385. The Hall–Kier alpha value is -4.00. The second kappa shape index (κ2) is 10.6. The number of pyridine rings is 1. The van der Waals surface area contributed by atoms with Crippen molar-refractivity contribution in [2.24, 2.45) is 0 Å². The number of nitrogens with one attached hydrogen (secondary N) is 2. The Labute approximate surface area is 222 Å². The van der Waals surface area contributed by atoms with Crippen molar-refractivity contribution in [2.45, 2.75) is 32.1 Å². The maximum atomic E-state index is 15.6. The number of amides is 1. The smallest absolute Gasteiger partial charge is 0.367 e. The lowest BCUT2D eigenvalue weighted by Gasteiger charge is -2.44. The van der Waals surface area contributed by atoms with Crippen LogP contribution in [-0.2, 0) is 6.18 Å². The number of nitrogens with zero attached hydrogens (tertiary/aromatic N) is 5. The first-order chi connectivity index (χ1) is 18.3. The summed E-state index contributed by atoms with van der Waals surface area (Å²) in [6.45, 7) is 5.00. The van der Waals surface area contributed by atoms with E-state index in [2.05, 4.69) is 25.2 Å². The van der Waals surface area contributed by atoms with Crippen LogP contribution in [0.2, 0.25) is 0 Å². The maximum Gasteiger partial charge on any atom is 0.417 e. The van der Waals surface area contributed by atoms with E-state index in [1.807, 2.05) is 25.8 Å². The molecule has 1 saturated heterocycles. The summed E-state index contributed by atoms with van der Waals surface area (Å²) in [5.74, 6) is -1.40. The number of carbonyl (C=O) groups is 1. The average Bonchev–Trinajstić information content (AvgIpc) is 2.87. The first kappa shape index (κ1) is 28.0. The highest BCUT2D eigenvalue weighted by molar-refractivity contribution is 6.07. The van der Waals surface area contributed by atoms with E-state index >= 15 is 4.39 Å². The first-order valence-corrected chi connectivity index (χ1v) is 12.2. The molecule has 208 valence electrons. The van der Waals surface area contributed by atoms with Crippen molar-refractivity contribution in [1.82, 2.24) is 19.9 Å². The molecule has 3 heterocycles. The minimum Gasteiger partial charge on any atom is -0.367 e. The molecule has 2 atom stereocenters. The van der Waals surface area contributed by atoms with Crippen molar-refractivity contribution < 1.29 is 22.4 Å². The van der Waals surface area contributed by atoms with Crippen molar-refractivity contribution in [2.75, 3.05) is 49.3 Å². The summed E-state index contributed by atoms with van der Waals surface area (Å²) < 4.78 is 56.5. The average molecular weight is 548 g/mol. The van der Waals surface area contributed by atoms with E-state index in [-0.39, 0.29) is 29.0 Å². The van der Waals surface area contributed by atoms with Gasteiger partial charge in [0, 0.05) is 63.3 Å². The normalized spacial score (nSPS) is 18.2. The Balaban J connectivity index is 1.83. The molecule has 0 radical (unpaired) electrons. The number of carbonyl (C=O) groups excluding carboxylic acids is 1. The van der Waals surface area contributed by atoms with Gasteiger partial charge in [0.05, 0.1) is 28.2 Å². The second-order valence-corrected chi connectivity index (χ2v) is 9.83. The van der Waals surface area contributed by atoms with Crippen LogP contribution < -0.4 is 20.7 Å². The highest BCUT2D eigenvalue weighted by Gasteiger charge is 2.36. The number of H-pyrrole nitrogens is 1. The summed E-state index contributed by atoms with van der Waals surface area (Å²) in [7, 11) is 5.43. The molecule has 39 heavy (non-hydrogen) atoms. The summed E-state index contributed by atoms with van der Waals surface area (Å²) in [6, 6.07) is 4.61. The van der Waals surface area contributed by atoms with Crippen LogP contribution in [0.25, 0.3) is 11.3 Å². The molecule has 4 rings (SSSR count). The van der Waals surface area contributed by atoms with Gasteiger partial charge >= 0.3 is 6.18 Å². The summed E-state index contributed by atoms with van der Waals surface area (Å²) in [6.07, 6.45) is -2.76. The summed E-state index contributed by atoms with van der Waals surface area (Å²) in [5.41, 5.74) is -2.46. The molecule has 1 aromatic carbocycles. The zero-order valence-corrected chi connectivity index (χ0v) is 22.1. The molecule has 2 N–H and O–H groups in total. The highest BCUT2D eigenvalue weighted by atomic mass is 19.4. The standard InChI is InChI=1S/C26H29F4N7O2/c1-14-12-37(13-15(2)36(14)5)22-10-19(27)16(20-6-7-31-25(34-20)35(3)4)8-21(22)33-24(39)17-11-32-23(38)9-18(17)26(28,29)30/h6-11,14-15H,12-13H2,1-5H3,(H,32,38)(H,33,39)/t14-,15+. The molecule has 1 aliphatic heterocycles. The molecular weight excluding hydrogens is 518 g/mol. The van der Waals surface area contributed by atoms with Crippen molar-refractivity contribution in [3.63, 3.8) is 0 Å². The van der Waals surface area contributed by atoms with E-state index < -0.39 is 34.6 Å². The van der Waals surface area contributed by atoms with Crippen LogP contribution in [0.4, 0.5) is 34.9 Å². The molecule has 1 amide bonds. The van der Waals surface area contributed by atoms with E-state index in [9.17, 15) is 22.8 Å². The Kier molecular flexibility index (Phi) is 7.64. The molecule has 0 spiro atoms. The van der Waals surface area contributed by atoms with E-state index in [1.54, 1.807) is 19.0 Å². The maximum absolute atomic E-state index is 15.6. The summed E-state index contributed by atoms with van der Waals surface area (Å²) >= 11 is 0. The first-order valence-electron chi connectivity index (χ1n) is 12.2. The Morgan fingerprint density at radius 2 is 1.82 bits per heavy atom. The summed E-state index contributed by atoms with van der Waals surface area (Å²) in [5, 5.41) is 2.53. The number of alkyl halides is 3. The number of benzene rings is 1. The minimum absolute atomic E-state index is 0.0345. The number of likely N-dealkylation sites (N-methyl/N-ethyl adjacent to an activating group) is 1. The van der Waals surface area contributed by atoms with E-state index in [0.29, 0.717) is 30.8 Å². The van der Waals surface area contributed by atoms with Crippen LogP contribution in [0.15, 0.2) is 41.5 Å². The van der Waals surface area contributed by atoms with Crippen LogP contribution >= 0.6 is 0 Å². The number of piperazine rings is 1. The van der Waals surface area contributed by atoms with Gasteiger partial charge in [-0.25, -0.2) is 14.4 Å². The van der Waals surface area contributed by atoms with Crippen LogP contribution in [0.5, 0.6) is 0 Å². The molecule has 0 aliphatic carbocycles. The van der Waals surface area contributed by atoms with E-state index in [1.165, 1.54) is 24.4 Å². The van der Waals surface area contributed by atoms with Gasteiger partial charge in [-0.3, -0.25) is 14.5 Å². The fourth-order valence-electron chi connectivity index (χ4n) is 4.52. The van der Waals surface area contributed by atoms with Crippen LogP contribution in [0, 0.1) is 5.82 Å².